The van der Waals surface area contributed by atoms with Crippen molar-refractivity contribution in [2.75, 3.05) is 26.4 Å². The number of para-hydroxylation sites is 1. The maximum atomic E-state index is 5.62. The third-order valence-corrected chi connectivity index (χ3v) is 2.93. The number of nitrogens with one attached hydrogen (secondary N) is 1. The van der Waals surface area contributed by atoms with Crippen LogP contribution in [-0.4, -0.2) is 32.4 Å². The summed E-state index contributed by atoms with van der Waals surface area (Å²) in [7, 11) is 0. The molecule has 2 rings (SSSR count). The van der Waals surface area contributed by atoms with E-state index in [0.29, 0.717) is 6.04 Å². The van der Waals surface area contributed by atoms with E-state index in [2.05, 4.69) is 5.32 Å². The maximum absolute atomic E-state index is 5.62. The fraction of sp³-hybridized carbons (Fsp3) is 0.571. The fourth-order valence-corrected chi connectivity index (χ4v) is 1.99. The van der Waals surface area contributed by atoms with Gasteiger partial charge in [-0.1, -0.05) is 18.2 Å². The molecule has 1 fully saturated rings. The number of hydrogen-bond acceptors (Lipinski definition) is 3. The molecule has 0 aliphatic carbocycles. The second-order valence-corrected chi connectivity index (χ2v) is 4.38. The van der Waals surface area contributed by atoms with Gasteiger partial charge < -0.3 is 14.8 Å². The van der Waals surface area contributed by atoms with E-state index in [1.807, 2.05) is 30.3 Å². The van der Waals surface area contributed by atoms with Gasteiger partial charge >= 0.3 is 0 Å². The van der Waals surface area contributed by atoms with Gasteiger partial charge in [-0.2, -0.15) is 0 Å². The molecule has 1 aliphatic heterocycles. The first-order chi connectivity index (χ1) is 8.45. The molecule has 0 saturated carbocycles. The van der Waals surface area contributed by atoms with Crippen LogP contribution in [-0.2, 0) is 4.74 Å². The van der Waals surface area contributed by atoms with Gasteiger partial charge in [0.2, 0.25) is 0 Å². The van der Waals surface area contributed by atoms with Crippen LogP contribution in [0.4, 0.5) is 0 Å². The van der Waals surface area contributed by atoms with Crippen LogP contribution < -0.4 is 10.1 Å². The molecule has 1 unspecified atom stereocenters. The van der Waals surface area contributed by atoms with Crippen molar-refractivity contribution in [3.8, 4) is 5.75 Å². The number of hydrogen-bond donors (Lipinski definition) is 1. The Bertz CT molecular complexity index is 296. The van der Waals surface area contributed by atoms with E-state index in [4.69, 9.17) is 9.47 Å². The normalized spacial score (nSPS) is 20.1. The molecule has 1 N–H and O–H groups in total. The average molecular weight is 235 g/mol. The minimum atomic E-state index is 0.542. The van der Waals surface area contributed by atoms with Crippen LogP contribution in [0.5, 0.6) is 5.75 Å². The van der Waals surface area contributed by atoms with Gasteiger partial charge in [-0.3, -0.25) is 0 Å². The first-order valence-corrected chi connectivity index (χ1v) is 6.44. The zero-order valence-electron chi connectivity index (χ0n) is 10.2. The van der Waals surface area contributed by atoms with Gasteiger partial charge in [0.1, 0.15) is 5.75 Å². The molecule has 0 radical (unpaired) electrons. The van der Waals surface area contributed by atoms with Gasteiger partial charge in [-0.05, 0) is 37.9 Å². The molecule has 3 heteroatoms. The van der Waals surface area contributed by atoms with Crippen LogP contribution >= 0.6 is 0 Å². The van der Waals surface area contributed by atoms with E-state index in [-0.39, 0.29) is 0 Å². The van der Waals surface area contributed by atoms with Crippen LogP contribution in [0.2, 0.25) is 0 Å². The maximum Gasteiger partial charge on any atom is 0.119 e. The molecule has 1 aliphatic rings. The van der Waals surface area contributed by atoms with E-state index in [9.17, 15) is 0 Å². The highest BCUT2D eigenvalue weighted by atomic mass is 16.5. The van der Waals surface area contributed by atoms with Gasteiger partial charge in [-0.15, -0.1) is 0 Å². The summed E-state index contributed by atoms with van der Waals surface area (Å²) in [6, 6.07) is 10.5. The molecule has 1 atom stereocenters. The molecule has 0 spiro atoms. The summed E-state index contributed by atoms with van der Waals surface area (Å²) >= 11 is 0. The van der Waals surface area contributed by atoms with Crippen molar-refractivity contribution in [1.82, 2.24) is 5.32 Å². The molecule has 1 aromatic carbocycles. The van der Waals surface area contributed by atoms with Gasteiger partial charge in [0.05, 0.1) is 13.2 Å². The molecular formula is C14H21NO2. The van der Waals surface area contributed by atoms with Crippen molar-refractivity contribution in [3.05, 3.63) is 30.3 Å². The minimum absolute atomic E-state index is 0.542. The van der Waals surface area contributed by atoms with Crippen LogP contribution in [0.3, 0.4) is 0 Å². The summed E-state index contributed by atoms with van der Waals surface area (Å²) in [6.45, 7) is 3.56. The third kappa shape index (κ3) is 4.75. The van der Waals surface area contributed by atoms with E-state index in [1.165, 1.54) is 12.8 Å². The Hall–Kier alpha value is -1.06. The Morgan fingerprint density at radius 2 is 2.18 bits per heavy atom. The summed E-state index contributed by atoms with van der Waals surface area (Å²) in [5.74, 6) is 0.952. The summed E-state index contributed by atoms with van der Waals surface area (Å²) < 4.78 is 11.0. The van der Waals surface area contributed by atoms with Crippen LogP contribution in [0.15, 0.2) is 30.3 Å². The minimum Gasteiger partial charge on any atom is -0.494 e. The lowest BCUT2D eigenvalue weighted by Crippen LogP contribution is -2.37. The van der Waals surface area contributed by atoms with E-state index in [1.54, 1.807) is 0 Å². The van der Waals surface area contributed by atoms with Crippen LogP contribution in [0.1, 0.15) is 19.3 Å². The summed E-state index contributed by atoms with van der Waals surface area (Å²) in [4.78, 5) is 0. The molecule has 0 amide bonds. The quantitative estimate of drug-likeness (QED) is 0.767. The summed E-state index contributed by atoms with van der Waals surface area (Å²) in [6.07, 6.45) is 3.45. The van der Waals surface area contributed by atoms with Crippen LogP contribution in [0, 0.1) is 0 Å². The molecule has 0 bridgehead atoms. The summed E-state index contributed by atoms with van der Waals surface area (Å²) in [5.41, 5.74) is 0. The van der Waals surface area contributed by atoms with Crippen molar-refractivity contribution < 1.29 is 9.47 Å². The number of rotatable bonds is 6. The molecule has 94 valence electrons. The second kappa shape index (κ2) is 7.30. The molecule has 1 saturated heterocycles. The lowest BCUT2D eigenvalue weighted by molar-refractivity contribution is 0.0701. The Labute approximate surface area is 103 Å². The van der Waals surface area contributed by atoms with E-state index in [0.717, 1.165) is 38.5 Å². The van der Waals surface area contributed by atoms with Gasteiger partial charge in [0.15, 0.2) is 0 Å². The molecule has 0 aromatic heterocycles. The molecular weight excluding hydrogens is 214 g/mol. The number of ether oxygens (including phenoxy) is 2. The zero-order chi connectivity index (χ0) is 11.8. The van der Waals surface area contributed by atoms with Crippen molar-refractivity contribution in [2.45, 2.75) is 25.3 Å². The summed E-state index contributed by atoms with van der Waals surface area (Å²) in [5, 5.41) is 3.50. The molecule has 1 aromatic rings. The lowest BCUT2D eigenvalue weighted by Gasteiger charge is -2.23. The standard InChI is InChI=1S/C14H21NO2/c1-2-7-14(8-3-1)17-11-5-9-15-13-6-4-10-16-12-13/h1-3,7-8,13,15H,4-6,9-12H2. The Balaban J connectivity index is 1.51. The van der Waals surface area contributed by atoms with Gasteiger partial charge in [0.25, 0.3) is 0 Å². The van der Waals surface area contributed by atoms with Crippen LogP contribution in [0.25, 0.3) is 0 Å². The Kier molecular flexibility index (Phi) is 5.33. The largest absolute Gasteiger partial charge is 0.494 e. The Morgan fingerprint density at radius 3 is 2.94 bits per heavy atom. The van der Waals surface area contributed by atoms with Gasteiger partial charge in [-0.25, -0.2) is 0 Å². The van der Waals surface area contributed by atoms with Crippen molar-refractivity contribution in [2.24, 2.45) is 0 Å². The average Bonchev–Trinajstić information content (AvgIpc) is 2.41. The van der Waals surface area contributed by atoms with Crippen molar-refractivity contribution >= 4 is 0 Å². The van der Waals surface area contributed by atoms with E-state index >= 15 is 0 Å². The monoisotopic (exact) mass is 235 g/mol. The predicted octanol–water partition coefficient (Wildman–Crippen LogP) is 2.22. The highest BCUT2D eigenvalue weighted by Gasteiger charge is 2.11. The third-order valence-electron chi connectivity index (χ3n) is 2.93. The second-order valence-electron chi connectivity index (χ2n) is 4.38. The highest BCUT2D eigenvalue weighted by molar-refractivity contribution is 5.20. The lowest BCUT2D eigenvalue weighted by atomic mass is 10.1. The highest BCUT2D eigenvalue weighted by Crippen LogP contribution is 2.08. The molecule has 17 heavy (non-hydrogen) atoms. The van der Waals surface area contributed by atoms with Gasteiger partial charge in [0, 0.05) is 12.6 Å². The fourth-order valence-electron chi connectivity index (χ4n) is 1.99. The molecule has 3 nitrogen and oxygen atoms in total. The first kappa shape index (κ1) is 12.4. The van der Waals surface area contributed by atoms with Crippen molar-refractivity contribution in [1.29, 1.82) is 0 Å². The SMILES string of the molecule is c1ccc(OCCCNC2CCCOC2)cc1. The topological polar surface area (TPSA) is 30.5 Å². The zero-order valence-corrected chi connectivity index (χ0v) is 10.2. The number of benzene rings is 1. The van der Waals surface area contributed by atoms with E-state index < -0.39 is 0 Å². The predicted molar refractivity (Wildman–Crippen MR) is 68.4 cm³/mol. The molecule has 1 heterocycles. The smallest absolute Gasteiger partial charge is 0.119 e. The Morgan fingerprint density at radius 1 is 1.29 bits per heavy atom. The first-order valence-electron chi connectivity index (χ1n) is 6.44. The van der Waals surface area contributed by atoms with Crippen molar-refractivity contribution in [3.63, 3.8) is 0 Å².